The molecule has 0 aliphatic carbocycles. The van der Waals surface area contributed by atoms with Gasteiger partial charge in [-0.05, 0) is 71.4 Å². The van der Waals surface area contributed by atoms with Crippen molar-refractivity contribution in [2.24, 2.45) is 0 Å². The van der Waals surface area contributed by atoms with Crippen LogP contribution in [0.3, 0.4) is 0 Å². The summed E-state index contributed by atoms with van der Waals surface area (Å²) in [5.41, 5.74) is 0. The van der Waals surface area contributed by atoms with Crippen LogP contribution in [0.15, 0.2) is 24.6 Å². The highest BCUT2D eigenvalue weighted by atomic mass is 16.6. The maximum atomic E-state index is 11.6. The molecule has 0 unspecified atom stereocenters. The monoisotopic (exact) mass is 641 g/mol. The van der Waals surface area contributed by atoms with Gasteiger partial charge in [0.15, 0.2) is 0 Å². The van der Waals surface area contributed by atoms with Crippen LogP contribution in [0.4, 0.5) is 0 Å². The van der Waals surface area contributed by atoms with E-state index in [0.29, 0.717) is 13.1 Å². The lowest BCUT2D eigenvalue weighted by atomic mass is 10.1. The second kappa shape index (κ2) is 30.4. The second-order valence-corrected chi connectivity index (χ2v) is 10.2. The van der Waals surface area contributed by atoms with E-state index in [0.717, 1.165) is 26.2 Å². The minimum Gasteiger partial charge on any atom is -0.468 e. The topological polar surface area (TPSA) is 150 Å². The van der Waals surface area contributed by atoms with E-state index in [-0.39, 0.29) is 38.4 Å². The third kappa shape index (κ3) is 30.2. The lowest BCUT2D eigenvalue weighted by Gasteiger charge is -2.24. The smallest absolute Gasteiger partial charge is 0.332 e. The zero-order valence-corrected chi connectivity index (χ0v) is 27.5. The number of carbonyl (C=O) groups is 5. The van der Waals surface area contributed by atoms with E-state index in [2.05, 4.69) is 29.3 Å². The molecule has 3 rings (SSSR count). The predicted octanol–water partition coefficient (Wildman–Crippen LogP) is 3.12. The molecule has 3 heterocycles. The van der Waals surface area contributed by atoms with Crippen molar-refractivity contribution in [3.05, 3.63) is 24.6 Å². The molecule has 0 atom stereocenters. The van der Waals surface area contributed by atoms with Crippen molar-refractivity contribution in [1.82, 2.24) is 15.1 Å². The van der Waals surface area contributed by atoms with Crippen LogP contribution in [0, 0.1) is 0 Å². The molecule has 13 nitrogen and oxygen atoms in total. The molecule has 0 saturated carbocycles. The zero-order valence-electron chi connectivity index (χ0n) is 27.5. The lowest BCUT2D eigenvalue weighted by molar-refractivity contribution is -0.149. The molecule has 0 radical (unpaired) electrons. The van der Waals surface area contributed by atoms with Gasteiger partial charge in [0.2, 0.25) is 0 Å². The Morgan fingerprint density at radius 3 is 1.24 bits per heavy atom. The molecular formula is C32H55N3O10. The van der Waals surface area contributed by atoms with Gasteiger partial charge in [0.25, 0.3) is 6.47 Å². The van der Waals surface area contributed by atoms with Gasteiger partial charge in [0.1, 0.15) is 26.4 Å². The molecule has 0 aromatic carbocycles. The summed E-state index contributed by atoms with van der Waals surface area (Å²) in [6.07, 6.45) is 17.8. The Morgan fingerprint density at radius 1 is 0.600 bits per heavy atom. The quantitative estimate of drug-likeness (QED) is 0.109. The lowest BCUT2D eigenvalue weighted by Crippen LogP contribution is -2.24. The van der Waals surface area contributed by atoms with E-state index >= 15 is 0 Å². The molecule has 3 fully saturated rings. The predicted molar refractivity (Wildman–Crippen MR) is 169 cm³/mol. The molecule has 0 aromatic rings. The summed E-state index contributed by atoms with van der Waals surface area (Å²) in [4.78, 5) is 56.8. The molecule has 3 aliphatic heterocycles. The molecule has 0 bridgehead atoms. The third-order valence-corrected chi connectivity index (χ3v) is 6.33. The van der Waals surface area contributed by atoms with Crippen molar-refractivity contribution in [3.63, 3.8) is 0 Å². The molecule has 0 aromatic heterocycles. The molecular weight excluding hydrogens is 586 g/mol. The number of nitrogens with zero attached hydrogens (tertiary/aromatic N) is 2. The molecule has 13 heteroatoms. The second-order valence-electron chi connectivity index (χ2n) is 10.2. The highest BCUT2D eigenvalue weighted by Crippen LogP contribution is 2.09. The largest absolute Gasteiger partial charge is 0.468 e. The standard InChI is InChI=1S/C18H28N2O4.C6H10O4.C5H11N.C3H6O2/c21-17(7-13-19-9-3-1-4-10-19)23-15-16-24-18(22)8-14-20-11-5-2-6-12-20;1-5(7)9-3-4-10-6(2)8;1-2-4-6-5-3-1;1-2-5-3-4/h7-8,13-14H,1-6,9-12,15-16H2;3-4H2,1-2H3;6H,1-5H2;3H,2H2,1H3/b13-7+,14-8+;;;. The van der Waals surface area contributed by atoms with E-state index in [1.165, 1.54) is 96.9 Å². The number of hydrogen-bond acceptors (Lipinski definition) is 13. The van der Waals surface area contributed by atoms with Crippen molar-refractivity contribution >= 4 is 30.3 Å². The van der Waals surface area contributed by atoms with E-state index in [1.54, 1.807) is 19.3 Å². The third-order valence-electron chi connectivity index (χ3n) is 6.33. The Labute approximate surface area is 268 Å². The Bertz CT molecular complexity index is 781. The van der Waals surface area contributed by atoms with Crippen LogP contribution < -0.4 is 5.32 Å². The minimum absolute atomic E-state index is 0.0759. The average molecular weight is 642 g/mol. The van der Waals surface area contributed by atoms with Crippen molar-refractivity contribution in [1.29, 1.82) is 0 Å². The van der Waals surface area contributed by atoms with Crippen molar-refractivity contribution in [3.8, 4) is 0 Å². The average Bonchev–Trinajstić information content (AvgIpc) is 3.06. The molecule has 45 heavy (non-hydrogen) atoms. The van der Waals surface area contributed by atoms with E-state index in [9.17, 15) is 24.0 Å². The first-order valence-corrected chi connectivity index (χ1v) is 16.0. The first-order valence-electron chi connectivity index (χ1n) is 16.0. The minimum atomic E-state index is -0.402. The van der Waals surface area contributed by atoms with Crippen LogP contribution in [0.2, 0.25) is 0 Å². The maximum Gasteiger partial charge on any atom is 0.332 e. The molecule has 1 N–H and O–H groups in total. The van der Waals surface area contributed by atoms with Gasteiger partial charge < -0.3 is 38.8 Å². The van der Waals surface area contributed by atoms with Crippen LogP contribution >= 0.6 is 0 Å². The molecule has 0 spiro atoms. The Kier molecular flexibility index (Phi) is 28.0. The van der Waals surface area contributed by atoms with E-state index in [4.69, 9.17) is 9.47 Å². The first kappa shape index (κ1) is 41.4. The number of likely N-dealkylation sites (tertiary alicyclic amines) is 2. The summed E-state index contributed by atoms with van der Waals surface area (Å²) in [7, 11) is 0. The van der Waals surface area contributed by atoms with Crippen LogP contribution in [0.1, 0.15) is 78.6 Å². The number of hydrogen-bond donors (Lipinski definition) is 1. The van der Waals surface area contributed by atoms with Crippen molar-refractivity contribution in [2.75, 3.05) is 72.3 Å². The van der Waals surface area contributed by atoms with E-state index < -0.39 is 11.9 Å². The van der Waals surface area contributed by atoms with E-state index in [1.807, 2.05) is 0 Å². The normalized spacial score (nSPS) is 16.0. The summed E-state index contributed by atoms with van der Waals surface area (Å²) in [6.45, 7) is 12.1. The fourth-order valence-electron chi connectivity index (χ4n) is 4.09. The molecule has 258 valence electrons. The number of rotatable bonds is 12. The van der Waals surface area contributed by atoms with Crippen LogP contribution in [0.25, 0.3) is 0 Å². The van der Waals surface area contributed by atoms with Gasteiger partial charge in [0, 0.05) is 64.6 Å². The summed E-state index contributed by atoms with van der Waals surface area (Å²) in [5, 5.41) is 3.28. The maximum absolute atomic E-state index is 11.6. The van der Waals surface area contributed by atoms with Crippen molar-refractivity contribution < 1.29 is 47.7 Å². The summed E-state index contributed by atoms with van der Waals surface area (Å²) in [6, 6.07) is 0. The number of carbonyl (C=O) groups excluding carboxylic acids is 5. The van der Waals surface area contributed by atoms with Crippen LogP contribution in [0.5, 0.6) is 0 Å². The summed E-state index contributed by atoms with van der Waals surface area (Å²) in [5.74, 6) is -1.54. The van der Waals surface area contributed by atoms with Crippen molar-refractivity contribution in [2.45, 2.75) is 78.6 Å². The van der Waals surface area contributed by atoms with Gasteiger partial charge in [-0.25, -0.2) is 9.59 Å². The number of piperidine rings is 3. The molecule has 0 amide bonds. The van der Waals surface area contributed by atoms with Gasteiger partial charge in [-0.1, -0.05) is 6.42 Å². The Hall–Kier alpha value is -3.61. The van der Waals surface area contributed by atoms with Crippen LogP contribution in [-0.4, -0.2) is 112 Å². The summed E-state index contributed by atoms with van der Waals surface area (Å²) < 4.78 is 23.1. The van der Waals surface area contributed by atoms with Crippen LogP contribution in [-0.2, 0) is 47.7 Å². The summed E-state index contributed by atoms with van der Waals surface area (Å²) >= 11 is 0. The zero-order chi connectivity index (χ0) is 33.4. The van der Waals surface area contributed by atoms with Gasteiger partial charge >= 0.3 is 23.9 Å². The van der Waals surface area contributed by atoms with Gasteiger partial charge in [-0.2, -0.15) is 0 Å². The number of nitrogens with one attached hydrogen (secondary N) is 1. The van der Waals surface area contributed by atoms with Gasteiger partial charge in [-0.3, -0.25) is 14.4 Å². The molecule has 3 saturated heterocycles. The van der Waals surface area contributed by atoms with Gasteiger partial charge in [0.05, 0.1) is 6.61 Å². The Morgan fingerprint density at radius 2 is 0.978 bits per heavy atom. The Balaban J connectivity index is 0.000000749. The highest BCUT2D eigenvalue weighted by molar-refractivity contribution is 5.82. The highest BCUT2D eigenvalue weighted by Gasteiger charge is 2.08. The number of ether oxygens (including phenoxy) is 5. The SMILES string of the molecule is C1CCNCC1.CC(=O)OCCOC(C)=O.CCOC=O.O=C(/C=C/N1CCCCC1)OCCOC(=O)/C=C/N1CCCCC1. The van der Waals surface area contributed by atoms with Gasteiger partial charge in [-0.15, -0.1) is 0 Å². The fraction of sp³-hybridized carbons (Fsp3) is 0.719. The number of esters is 4. The first-order chi connectivity index (χ1) is 21.8. The fourth-order valence-corrected chi connectivity index (χ4v) is 4.09. The molecule has 3 aliphatic rings.